The lowest BCUT2D eigenvalue weighted by Crippen LogP contribution is -2.16. The van der Waals surface area contributed by atoms with Crippen LogP contribution in [0.3, 0.4) is 0 Å². The van der Waals surface area contributed by atoms with E-state index in [2.05, 4.69) is 29.2 Å². The Labute approximate surface area is 151 Å². The van der Waals surface area contributed by atoms with E-state index in [0.29, 0.717) is 0 Å². The first kappa shape index (κ1) is 25.0. The van der Waals surface area contributed by atoms with Crippen molar-refractivity contribution < 1.29 is 9.90 Å². The summed E-state index contributed by atoms with van der Waals surface area (Å²) in [5.41, 5.74) is 1.77. The molecule has 0 radical (unpaired) electrons. The van der Waals surface area contributed by atoms with E-state index >= 15 is 0 Å². The zero-order valence-corrected chi connectivity index (χ0v) is 17.3. The third-order valence-corrected chi connectivity index (χ3v) is 4.16. The molecule has 2 nitrogen and oxygen atoms in total. The van der Waals surface area contributed by atoms with Gasteiger partial charge < -0.3 is 5.11 Å². The summed E-state index contributed by atoms with van der Waals surface area (Å²) in [5, 5.41) is 9.44. The number of aldehydes is 1. The van der Waals surface area contributed by atoms with Crippen molar-refractivity contribution in [1.29, 1.82) is 0 Å². The minimum absolute atomic E-state index is 0.144. The van der Waals surface area contributed by atoms with Crippen molar-refractivity contribution >= 4 is 51.5 Å². The lowest BCUT2D eigenvalue weighted by Gasteiger charge is -2.14. The second kappa shape index (κ2) is 19.1. The van der Waals surface area contributed by atoms with Gasteiger partial charge in [-0.05, 0) is 47.0 Å². The number of aliphatic hydroxyl groups excluding tert-OH is 1. The van der Waals surface area contributed by atoms with E-state index in [-0.39, 0.29) is 12.0 Å². The van der Waals surface area contributed by atoms with E-state index in [1.165, 1.54) is 0 Å². The molecular weight excluding hydrogens is 478 g/mol. The van der Waals surface area contributed by atoms with Gasteiger partial charge in [-0.15, -0.1) is 6.58 Å². The monoisotopic (exact) mass is 504 g/mol. The zero-order valence-electron chi connectivity index (χ0n) is 12.9. The maximum atomic E-state index is 9.66. The summed E-state index contributed by atoms with van der Waals surface area (Å²) < 4.78 is 3.63. The molecule has 0 aliphatic rings. The Kier molecular flexibility index (Phi) is 23.8. The summed E-state index contributed by atoms with van der Waals surface area (Å²) in [6, 6.07) is 0. The molecule has 0 aromatic carbocycles. The highest BCUT2D eigenvalue weighted by Crippen LogP contribution is 2.13. The van der Waals surface area contributed by atoms with Crippen molar-refractivity contribution in [2.24, 2.45) is 5.92 Å². The van der Waals surface area contributed by atoms with Crippen molar-refractivity contribution in [2.75, 3.05) is 0 Å². The van der Waals surface area contributed by atoms with E-state index in [4.69, 9.17) is 0 Å². The maximum absolute atomic E-state index is 9.66. The summed E-state index contributed by atoms with van der Waals surface area (Å²) in [4.78, 5) is 9.66. The minimum atomic E-state index is -0.366. The van der Waals surface area contributed by atoms with Crippen LogP contribution < -0.4 is 0 Å². The van der Waals surface area contributed by atoms with Gasteiger partial charge >= 0.3 is 0 Å². The molecular formula is C16H26I2O2. The molecule has 0 aromatic rings. The molecule has 0 amide bonds. The molecule has 1 N–H and O–H groups in total. The number of carbonyl (C=O) groups is 1. The first-order chi connectivity index (χ1) is 9.35. The molecule has 0 rings (SSSR count). The van der Waals surface area contributed by atoms with Crippen molar-refractivity contribution in [1.82, 2.24) is 0 Å². The molecule has 0 aromatic heterocycles. The third-order valence-electron chi connectivity index (χ3n) is 2.20. The number of rotatable bonds is 4. The van der Waals surface area contributed by atoms with E-state index in [1.54, 1.807) is 17.1 Å². The van der Waals surface area contributed by atoms with Gasteiger partial charge in [0.1, 0.15) is 6.29 Å². The highest BCUT2D eigenvalue weighted by atomic mass is 127. The second-order valence-electron chi connectivity index (χ2n) is 4.03. The lowest BCUT2D eigenvalue weighted by molar-refractivity contribution is -0.104. The summed E-state index contributed by atoms with van der Waals surface area (Å²) in [6.07, 6.45) is 6.22. The molecule has 0 bridgehead atoms. The van der Waals surface area contributed by atoms with E-state index in [1.807, 2.05) is 66.5 Å². The largest absolute Gasteiger partial charge is 0.388 e. The van der Waals surface area contributed by atoms with Crippen LogP contribution in [-0.4, -0.2) is 17.5 Å². The minimum Gasteiger partial charge on any atom is -0.388 e. The van der Waals surface area contributed by atoms with Crippen molar-refractivity contribution in [3.8, 4) is 0 Å². The number of halogens is 2. The van der Waals surface area contributed by atoms with Gasteiger partial charge in [0.25, 0.3) is 0 Å². The number of carbonyl (C=O) groups excluding carboxylic acids is 1. The SMILES string of the molecule is C/C(C=O)=C\I.C/C=C/C.C=C[C@@H](C)[C@@H](O)/C(C)=C/I. The first-order valence-electron chi connectivity index (χ1n) is 6.23. The Morgan fingerprint density at radius 1 is 1.15 bits per heavy atom. The molecule has 0 spiro atoms. The van der Waals surface area contributed by atoms with Crippen LogP contribution in [0.4, 0.5) is 0 Å². The Hall–Kier alpha value is 0.0500. The smallest absolute Gasteiger partial charge is 0.146 e. The first-order valence-corrected chi connectivity index (χ1v) is 8.72. The predicted octanol–water partition coefficient (Wildman–Crippen LogP) is 5.61. The van der Waals surface area contributed by atoms with Crippen LogP contribution in [0.5, 0.6) is 0 Å². The van der Waals surface area contributed by atoms with Gasteiger partial charge in [-0.25, -0.2) is 0 Å². The summed E-state index contributed by atoms with van der Waals surface area (Å²) in [7, 11) is 0. The third kappa shape index (κ3) is 18.0. The highest BCUT2D eigenvalue weighted by Gasteiger charge is 2.11. The van der Waals surface area contributed by atoms with Gasteiger partial charge in [0.05, 0.1) is 6.10 Å². The molecule has 4 heteroatoms. The molecule has 20 heavy (non-hydrogen) atoms. The van der Waals surface area contributed by atoms with Crippen LogP contribution >= 0.6 is 45.2 Å². The average molecular weight is 504 g/mol. The molecule has 0 aliphatic heterocycles. The second-order valence-corrected chi connectivity index (χ2v) is 5.28. The predicted molar refractivity (Wildman–Crippen MR) is 107 cm³/mol. The van der Waals surface area contributed by atoms with Gasteiger partial charge in [0, 0.05) is 5.92 Å². The lowest BCUT2D eigenvalue weighted by atomic mass is 10.0. The Balaban J connectivity index is -0.000000246. The normalized spacial score (nSPS) is 14.4. The summed E-state index contributed by atoms with van der Waals surface area (Å²) in [6.45, 7) is 13.2. The molecule has 2 atom stereocenters. The standard InChI is InChI=1S/C8H13IO.C4H5IO.C4H8/c1-4-6(2)8(10)7(3)5-9;1-4(2-5)3-6;1-3-4-2/h4-6,8,10H,1H2,2-3H3;2-3H,1H3;3-4H,1-2H3/b7-5+;4-2+;4-3+/t6-,8-;;/m1../s1. The Morgan fingerprint density at radius 2 is 1.60 bits per heavy atom. The van der Waals surface area contributed by atoms with Gasteiger partial charge in [-0.3, -0.25) is 4.79 Å². The van der Waals surface area contributed by atoms with Crippen molar-refractivity contribution in [2.45, 2.75) is 40.7 Å². The van der Waals surface area contributed by atoms with E-state index in [0.717, 1.165) is 17.4 Å². The Bertz CT molecular complexity index is 327. The van der Waals surface area contributed by atoms with Crippen LogP contribution in [0.15, 0.2) is 44.1 Å². The fourth-order valence-electron chi connectivity index (χ4n) is 0.634. The van der Waals surface area contributed by atoms with Gasteiger partial charge in [-0.2, -0.15) is 0 Å². The fourth-order valence-corrected chi connectivity index (χ4v) is 1.15. The average Bonchev–Trinajstić information content (AvgIpc) is 2.52. The van der Waals surface area contributed by atoms with E-state index < -0.39 is 0 Å². The molecule has 0 fully saturated rings. The van der Waals surface area contributed by atoms with Gasteiger partial charge in [0.2, 0.25) is 0 Å². The summed E-state index contributed by atoms with van der Waals surface area (Å²) >= 11 is 4.14. The molecule has 0 aliphatic carbocycles. The molecule has 0 heterocycles. The summed E-state index contributed by atoms with van der Waals surface area (Å²) in [5.74, 6) is 0.144. The highest BCUT2D eigenvalue weighted by molar-refractivity contribution is 14.1. The van der Waals surface area contributed by atoms with Crippen LogP contribution in [0.25, 0.3) is 0 Å². The van der Waals surface area contributed by atoms with Crippen LogP contribution in [0, 0.1) is 5.92 Å². The quantitative estimate of drug-likeness (QED) is 0.234. The topological polar surface area (TPSA) is 37.3 Å². The maximum Gasteiger partial charge on any atom is 0.146 e. The van der Waals surface area contributed by atoms with Gasteiger partial charge in [0.15, 0.2) is 0 Å². The van der Waals surface area contributed by atoms with Gasteiger partial charge in [-0.1, -0.05) is 70.3 Å². The molecule has 0 unspecified atom stereocenters. The number of allylic oxidation sites excluding steroid dienone is 3. The van der Waals surface area contributed by atoms with Crippen LogP contribution in [-0.2, 0) is 4.79 Å². The van der Waals surface area contributed by atoms with Crippen LogP contribution in [0.1, 0.15) is 34.6 Å². The Morgan fingerprint density at radius 3 is 1.75 bits per heavy atom. The van der Waals surface area contributed by atoms with Crippen molar-refractivity contribution in [3.05, 3.63) is 44.1 Å². The molecule has 0 saturated carbocycles. The number of hydrogen-bond donors (Lipinski definition) is 1. The number of aliphatic hydroxyl groups is 1. The van der Waals surface area contributed by atoms with Crippen molar-refractivity contribution in [3.63, 3.8) is 0 Å². The van der Waals surface area contributed by atoms with Crippen LogP contribution in [0.2, 0.25) is 0 Å². The molecule has 0 saturated heterocycles. The number of hydrogen-bond acceptors (Lipinski definition) is 2. The molecule has 116 valence electrons. The zero-order chi connectivity index (χ0) is 16.6. The van der Waals surface area contributed by atoms with E-state index in [9.17, 15) is 9.90 Å². The fraction of sp³-hybridized carbons (Fsp3) is 0.438.